The molecule has 35 heavy (non-hydrogen) atoms. The summed E-state index contributed by atoms with van der Waals surface area (Å²) in [6.45, 7) is 3.08. The second-order valence-corrected chi connectivity index (χ2v) is 7.81. The van der Waals surface area contributed by atoms with E-state index in [0.717, 1.165) is 36.3 Å². The van der Waals surface area contributed by atoms with E-state index in [4.69, 9.17) is 15.0 Å². The van der Waals surface area contributed by atoms with Gasteiger partial charge in [0.15, 0.2) is 0 Å². The first-order valence-electron chi connectivity index (χ1n) is 11.2. The fourth-order valence-electron chi connectivity index (χ4n) is 3.64. The second kappa shape index (κ2) is 12.2. The van der Waals surface area contributed by atoms with Crippen LogP contribution in [0.4, 0.5) is 11.4 Å². The van der Waals surface area contributed by atoms with Crippen LogP contribution in [0.2, 0.25) is 0 Å². The molecule has 182 valence electrons. The number of rotatable bonds is 11. The zero-order valence-electron chi connectivity index (χ0n) is 20.0. The van der Waals surface area contributed by atoms with Gasteiger partial charge < -0.3 is 19.4 Å². The van der Waals surface area contributed by atoms with Crippen LogP contribution in [0.25, 0.3) is 10.4 Å². The number of imidazole rings is 1. The Morgan fingerprint density at radius 3 is 2.51 bits per heavy atom. The molecule has 0 saturated carbocycles. The van der Waals surface area contributed by atoms with Crippen molar-refractivity contribution < 1.29 is 19.1 Å². The normalized spacial score (nSPS) is 10.4. The van der Waals surface area contributed by atoms with Crippen molar-refractivity contribution >= 4 is 23.3 Å². The number of anilines is 1. The molecule has 0 atom stereocenters. The van der Waals surface area contributed by atoms with Gasteiger partial charge >= 0.3 is 11.9 Å². The molecule has 0 amide bonds. The monoisotopic (exact) mass is 476 g/mol. The molecule has 1 heterocycles. The Labute approximate surface area is 203 Å². The van der Waals surface area contributed by atoms with Crippen LogP contribution < -0.4 is 5.32 Å². The van der Waals surface area contributed by atoms with Crippen LogP contribution in [0.3, 0.4) is 0 Å². The largest absolute Gasteiger partial charge is 0.465 e. The predicted octanol–water partition coefficient (Wildman–Crippen LogP) is 5.40. The number of methoxy groups -OCH3 is 2. The standard InChI is InChI=1S/C25H28N6O4/c1-4-5-6-23-28-15-20(31(23)16-17-7-9-18(10-8-17)24(32)34-2)14-27-22-13-19(29-30-26)11-12-21(22)25(33)35-3/h7-13,15,27H,4-6,14,16H2,1-3H3. The summed E-state index contributed by atoms with van der Waals surface area (Å²) in [5.41, 5.74) is 12.4. The van der Waals surface area contributed by atoms with Crippen molar-refractivity contribution in [3.8, 4) is 0 Å². The van der Waals surface area contributed by atoms with Gasteiger partial charge in [0.25, 0.3) is 0 Å². The minimum absolute atomic E-state index is 0.333. The summed E-state index contributed by atoms with van der Waals surface area (Å²) in [5, 5.41) is 6.89. The quantitative estimate of drug-likeness (QED) is 0.171. The van der Waals surface area contributed by atoms with Crippen molar-refractivity contribution in [2.24, 2.45) is 5.11 Å². The predicted molar refractivity (Wildman–Crippen MR) is 132 cm³/mol. The molecular formula is C25H28N6O4. The van der Waals surface area contributed by atoms with Gasteiger partial charge in [-0.2, -0.15) is 0 Å². The second-order valence-electron chi connectivity index (χ2n) is 7.81. The maximum absolute atomic E-state index is 12.2. The number of hydrogen-bond acceptors (Lipinski definition) is 7. The van der Waals surface area contributed by atoms with E-state index in [-0.39, 0.29) is 5.97 Å². The summed E-state index contributed by atoms with van der Waals surface area (Å²) >= 11 is 0. The summed E-state index contributed by atoms with van der Waals surface area (Å²) in [5.74, 6) is 0.0802. The molecule has 0 unspecified atom stereocenters. The minimum atomic E-state index is -0.497. The Morgan fingerprint density at radius 2 is 1.86 bits per heavy atom. The lowest BCUT2D eigenvalue weighted by Gasteiger charge is -2.15. The van der Waals surface area contributed by atoms with Gasteiger partial charge in [-0.15, -0.1) is 0 Å². The van der Waals surface area contributed by atoms with Gasteiger partial charge in [0, 0.05) is 29.3 Å². The maximum Gasteiger partial charge on any atom is 0.339 e. The van der Waals surface area contributed by atoms with Crippen LogP contribution in [0.1, 0.15) is 57.6 Å². The topological polar surface area (TPSA) is 131 Å². The zero-order chi connectivity index (χ0) is 25.2. The van der Waals surface area contributed by atoms with E-state index in [2.05, 4.69) is 31.8 Å². The number of benzene rings is 2. The third-order valence-corrected chi connectivity index (χ3v) is 5.52. The smallest absolute Gasteiger partial charge is 0.339 e. The summed E-state index contributed by atoms with van der Waals surface area (Å²) < 4.78 is 11.8. The molecule has 1 aromatic heterocycles. The summed E-state index contributed by atoms with van der Waals surface area (Å²) in [4.78, 5) is 31.4. The third-order valence-electron chi connectivity index (χ3n) is 5.52. The van der Waals surface area contributed by atoms with Gasteiger partial charge in [0.1, 0.15) is 5.82 Å². The van der Waals surface area contributed by atoms with Crippen LogP contribution >= 0.6 is 0 Å². The summed E-state index contributed by atoms with van der Waals surface area (Å²) in [6, 6.07) is 12.0. The summed E-state index contributed by atoms with van der Waals surface area (Å²) in [7, 11) is 2.67. The number of carbonyl (C=O) groups excluding carboxylic acids is 2. The molecule has 1 N–H and O–H groups in total. The van der Waals surface area contributed by atoms with E-state index >= 15 is 0 Å². The Kier molecular flexibility index (Phi) is 8.86. The molecule has 0 bridgehead atoms. The number of aryl methyl sites for hydroxylation is 1. The number of hydrogen-bond donors (Lipinski definition) is 1. The van der Waals surface area contributed by atoms with E-state index in [9.17, 15) is 9.59 Å². The molecule has 3 aromatic rings. The highest BCUT2D eigenvalue weighted by Crippen LogP contribution is 2.25. The van der Waals surface area contributed by atoms with Crippen molar-refractivity contribution in [2.45, 2.75) is 39.3 Å². The molecule has 10 heteroatoms. The van der Waals surface area contributed by atoms with Crippen molar-refractivity contribution in [1.82, 2.24) is 9.55 Å². The highest BCUT2D eigenvalue weighted by atomic mass is 16.5. The van der Waals surface area contributed by atoms with Crippen LogP contribution in [-0.2, 0) is 29.0 Å². The first-order chi connectivity index (χ1) is 17.0. The first-order valence-corrected chi connectivity index (χ1v) is 11.2. The number of ether oxygens (including phenoxy) is 2. The fraction of sp³-hybridized carbons (Fsp3) is 0.320. The van der Waals surface area contributed by atoms with Crippen molar-refractivity contribution in [3.05, 3.63) is 87.3 Å². The molecule has 0 radical (unpaired) electrons. The Bertz CT molecular complexity index is 1230. The fourth-order valence-corrected chi connectivity index (χ4v) is 3.64. The Balaban J connectivity index is 1.88. The number of nitrogens with zero attached hydrogens (tertiary/aromatic N) is 5. The van der Waals surface area contributed by atoms with E-state index < -0.39 is 5.97 Å². The molecule has 0 aliphatic rings. The van der Waals surface area contributed by atoms with Gasteiger partial charge in [0.05, 0.1) is 43.8 Å². The van der Waals surface area contributed by atoms with Crippen LogP contribution in [-0.4, -0.2) is 35.7 Å². The number of unbranched alkanes of at least 4 members (excludes halogenated alkanes) is 1. The lowest BCUT2D eigenvalue weighted by Crippen LogP contribution is -2.13. The van der Waals surface area contributed by atoms with Gasteiger partial charge in [0.2, 0.25) is 0 Å². The molecule has 2 aromatic carbocycles. The van der Waals surface area contributed by atoms with Crippen molar-refractivity contribution in [2.75, 3.05) is 19.5 Å². The lowest BCUT2D eigenvalue weighted by atomic mass is 10.1. The molecule has 0 aliphatic heterocycles. The van der Waals surface area contributed by atoms with E-state index in [0.29, 0.717) is 35.6 Å². The highest BCUT2D eigenvalue weighted by Gasteiger charge is 2.15. The number of nitrogens with one attached hydrogen (secondary N) is 1. The molecule has 0 fully saturated rings. The molecule has 0 saturated heterocycles. The zero-order valence-corrected chi connectivity index (χ0v) is 20.0. The van der Waals surface area contributed by atoms with E-state index in [1.807, 2.05) is 18.3 Å². The number of esters is 2. The Morgan fingerprint density at radius 1 is 1.11 bits per heavy atom. The molecule has 10 nitrogen and oxygen atoms in total. The molecule has 0 aliphatic carbocycles. The number of aromatic nitrogens is 2. The van der Waals surface area contributed by atoms with Crippen LogP contribution in [0.5, 0.6) is 0 Å². The SMILES string of the molecule is CCCCc1ncc(CNc2cc(N=[N+]=[N-])ccc2C(=O)OC)n1Cc1ccc(C(=O)OC)cc1. The van der Waals surface area contributed by atoms with Gasteiger partial charge in [-0.1, -0.05) is 36.7 Å². The van der Waals surface area contributed by atoms with Crippen molar-refractivity contribution in [1.29, 1.82) is 0 Å². The lowest BCUT2D eigenvalue weighted by molar-refractivity contribution is 0.0592. The molecule has 3 rings (SSSR count). The van der Waals surface area contributed by atoms with Gasteiger partial charge in [-0.3, -0.25) is 0 Å². The van der Waals surface area contributed by atoms with Crippen LogP contribution in [0, 0.1) is 0 Å². The number of azide groups is 1. The summed E-state index contributed by atoms with van der Waals surface area (Å²) in [6.07, 6.45) is 4.70. The van der Waals surface area contributed by atoms with Gasteiger partial charge in [-0.05, 0) is 41.8 Å². The average Bonchev–Trinajstić information content (AvgIpc) is 3.26. The average molecular weight is 477 g/mol. The van der Waals surface area contributed by atoms with E-state index in [1.54, 1.807) is 30.3 Å². The highest BCUT2D eigenvalue weighted by molar-refractivity contribution is 5.96. The maximum atomic E-state index is 12.2. The molecule has 0 spiro atoms. The van der Waals surface area contributed by atoms with E-state index in [1.165, 1.54) is 14.2 Å². The first kappa shape index (κ1) is 25.3. The third kappa shape index (κ3) is 6.39. The molecular weight excluding hydrogens is 448 g/mol. The Hall–Kier alpha value is -4.30. The van der Waals surface area contributed by atoms with Gasteiger partial charge in [-0.25, -0.2) is 14.6 Å². The van der Waals surface area contributed by atoms with Crippen molar-refractivity contribution in [3.63, 3.8) is 0 Å². The van der Waals surface area contributed by atoms with Crippen LogP contribution in [0.15, 0.2) is 53.8 Å². The minimum Gasteiger partial charge on any atom is -0.465 e. The number of carbonyl (C=O) groups is 2.